The molecule has 1 rings (SSSR count). The SMILES string of the molecule is CC(O)O.OCCCc1c(Cl)cccc1Cl. The summed E-state index contributed by atoms with van der Waals surface area (Å²) < 4.78 is 0. The van der Waals surface area contributed by atoms with Crippen molar-refractivity contribution in [2.45, 2.75) is 26.1 Å². The minimum absolute atomic E-state index is 0.168. The Hall–Kier alpha value is -0.320. The first-order valence-electron chi connectivity index (χ1n) is 4.89. The minimum Gasteiger partial charge on any atom is -0.396 e. The summed E-state index contributed by atoms with van der Waals surface area (Å²) in [5.74, 6) is 0. The van der Waals surface area contributed by atoms with Gasteiger partial charge in [0.25, 0.3) is 0 Å². The van der Waals surface area contributed by atoms with Gasteiger partial charge in [-0.3, -0.25) is 0 Å². The number of rotatable bonds is 3. The number of halogens is 2. The van der Waals surface area contributed by atoms with Crippen molar-refractivity contribution in [3.05, 3.63) is 33.8 Å². The van der Waals surface area contributed by atoms with Crippen LogP contribution in [0.2, 0.25) is 10.0 Å². The Labute approximate surface area is 105 Å². The monoisotopic (exact) mass is 266 g/mol. The van der Waals surface area contributed by atoms with Crippen molar-refractivity contribution < 1.29 is 15.3 Å². The Morgan fingerprint density at radius 1 is 1.19 bits per heavy atom. The Morgan fingerprint density at radius 3 is 2.00 bits per heavy atom. The van der Waals surface area contributed by atoms with Gasteiger partial charge < -0.3 is 15.3 Å². The third kappa shape index (κ3) is 7.04. The summed E-state index contributed by atoms with van der Waals surface area (Å²) in [4.78, 5) is 0. The van der Waals surface area contributed by atoms with Gasteiger partial charge in [0.1, 0.15) is 6.29 Å². The smallest absolute Gasteiger partial charge is 0.148 e. The van der Waals surface area contributed by atoms with Crippen molar-refractivity contribution in [1.29, 1.82) is 0 Å². The zero-order valence-electron chi connectivity index (χ0n) is 9.03. The maximum atomic E-state index is 8.62. The van der Waals surface area contributed by atoms with E-state index in [1.165, 1.54) is 6.92 Å². The van der Waals surface area contributed by atoms with Crippen LogP contribution in [0.3, 0.4) is 0 Å². The minimum atomic E-state index is -1.17. The predicted molar refractivity (Wildman–Crippen MR) is 65.8 cm³/mol. The van der Waals surface area contributed by atoms with Crippen LogP contribution in [0.5, 0.6) is 0 Å². The molecule has 0 saturated carbocycles. The highest BCUT2D eigenvalue weighted by Gasteiger charge is 2.03. The molecule has 3 nitrogen and oxygen atoms in total. The van der Waals surface area contributed by atoms with Crippen LogP contribution in [-0.4, -0.2) is 28.2 Å². The second-order valence-corrected chi connectivity index (χ2v) is 3.97. The largest absolute Gasteiger partial charge is 0.396 e. The third-order valence-corrected chi connectivity index (χ3v) is 2.35. The molecule has 1 aromatic rings. The summed E-state index contributed by atoms with van der Waals surface area (Å²) in [5, 5.41) is 25.2. The molecule has 0 spiro atoms. The summed E-state index contributed by atoms with van der Waals surface area (Å²) in [6.45, 7) is 1.45. The lowest BCUT2D eigenvalue weighted by atomic mass is 10.1. The van der Waals surface area contributed by atoms with Crippen LogP contribution in [0.25, 0.3) is 0 Å². The number of benzene rings is 1. The molecule has 1 aromatic carbocycles. The average molecular weight is 267 g/mol. The maximum absolute atomic E-state index is 8.62. The molecule has 0 atom stereocenters. The third-order valence-electron chi connectivity index (χ3n) is 1.65. The highest BCUT2D eigenvalue weighted by Crippen LogP contribution is 2.25. The quantitative estimate of drug-likeness (QED) is 0.736. The first-order chi connectivity index (χ1) is 7.49. The molecule has 16 heavy (non-hydrogen) atoms. The van der Waals surface area contributed by atoms with Crippen LogP contribution in [0.1, 0.15) is 18.9 Å². The van der Waals surface area contributed by atoms with Crippen LogP contribution in [0.15, 0.2) is 18.2 Å². The first kappa shape index (κ1) is 15.7. The number of hydrogen-bond acceptors (Lipinski definition) is 3. The van der Waals surface area contributed by atoms with Gasteiger partial charge in [0.15, 0.2) is 0 Å². The molecule has 0 heterocycles. The van der Waals surface area contributed by atoms with Gasteiger partial charge >= 0.3 is 0 Å². The number of aliphatic hydroxyl groups excluding tert-OH is 2. The van der Waals surface area contributed by atoms with E-state index in [0.717, 1.165) is 12.0 Å². The second-order valence-electron chi connectivity index (χ2n) is 3.16. The molecule has 0 aliphatic carbocycles. The Morgan fingerprint density at radius 2 is 1.62 bits per heavy atom. The van der Waals surface area contributed by atoms with E-state index in [1.807, 2.05) is 6.07 Å². The summed E-state index contributed by atoms with van der Waals surface area (Å²) in [6, 6.07) is 5.42. The molecular formula is C11H16Cl2O3. The molecule has 0 fully saturated rings. The van der Waals surface area contributed by atoms with E-state index in [9.17, 15) is 0 Å². The van der Waals surface area contributed by atoms with E-state index < -0.39 is 6.29 Å². The maximum Gasteiger partial charge on any atom is 0.148 e. The van der Waals surface area contributed by atoms with Crippen LogP contribution >= 0.6 is 23.2 Å². The lowest BCUT2D eigenvalue weighted by Gasteiger charge is -2.04. The average Bonchev–Trinajstić information content (AvgIpc) is 2.16. The second kappa shape index (κ2) is 8.79. The van der Waals surface area contributed by atoms with Gasteiger partial charge in [-0.1, -0.05) is 29.3 Å². The normalized spacial score (nSPS) is 9.94. The van der Waals surface area contributed by atoms with Crippen molar-refractivity contribution in [3.63, 3.8) is 0 Å². The Bertz CT molecular complexity index is 280. The molecule has 3 N–H and O–H groups in total. The highest BCUT2D eigenvalue weighted by molar-refractivity contribution is 6.35. The van der Waals surface area contributed by atoms with Crippen molar-refractivity contribution in [2.75, 3.05) is 6.61 Å². The summed E-state index contributed by atoms with van der Waals surface area (Å²) in [6.07, 6.45) is 0.262. The molecule has 5 heteroatoms. The van der Waals surface area contributed by atoms with Crippen molar-refractivity contribution in [1.82, 2.24) is 0 Å². The number of aliphatic hydroxyl groups is 3. The first-order valence-corrected chi connectivity index (χ1v) is 5.64. The fraction of sp³-hybridized carbons (Fsp3) is 0.455. The Kier molecular flexibility index (Phi) is 8.61. The molecule has 0 unspecified atom stereocenters. The van der Waals surface area contributed by atoms with Crippen molar-refractivity contribution in [3.8, 4) is 0 Å². The molecule has 92 valence electrons. The van der Waals surface area contributed by atoms with E-state index in [2.05, 4.69) is 0 Å². The summed E-state index contributed by atoms with van der Waals surface area (Å²) in [5.41, 5.74) is 0.926. The zero-order valence-corrected chi connectivity index (χ0v) is 10.5. The lowest BCUT2D eigenvalue weighted by Crippen LogP contribution is -1.92. The molecule has 0 amide bonds. The van der Waals surface area contributed by atoms with Gasteiger partial charge in [0.05, 0.1) is 0 Å². The van der Waals surface area contributed by atoms with E-state index in [4.69, 9.17) is 38.5 Å². The highest BCUT2D eigenvalue weighted by atomic mass is 35.5. The van der Waals surface area contributed by atoms with Gasteiger partial charge in [0.2, 0.25) is 0 Å². The fourth-order valence-corrected chi connectivity index (χ4v) is 1.61. The standard InChI is InChI=1S/C9H10Cl2O.C2H6O2/c10-8-4-1-5-9(11)7(8)3-2-6-12;1-2(3)4/h1,4-5,12H,2-3,6H2;2-4H,1H3. The van der Waals surface area contributed by atoms with Crippen molar-refractivity contribution >= 4 is 23.2 Å². The molecule has 0 saturated heterocycles. The van der Waals surface area contributed by atoms with Crippen LogP contribution < -0.4 is 0 Å². The van der Waals surface area contributed by atoms with E-state index in [-0.39, 0.29) is 6.61 Å². The topological polar surface area (TPSA) is 60.7 Å². The molecule has 0 radical (unpaired) electrons. The van der Waals surface area contributed by atoms with E-state index >= 15 is 0 Å². The van der Waals surface area contributed by atoms with Gasteiger partial charge in [-0.25, -0.2) is 0 Å². The van der Waals surface area contributed by atoms with Crippen LogP contribution in [-0.2, 0) is 6.42 Å². The summed E-state index contributed by atoms with van der Waals surface area (Å²) in [7, 11) is 0. The Balaban J connectivity index is 0.000000487. The molecule has 0 aliphatic rings. The fourth-order valence-electron chi connectivity index (χ4n) is 1.03. The van der Waals surface area contributed by atoms with Crippen LogP contribution in [0, 0.1) is 0 Å². The molecule has 0 aliphatic heterocycles. The van der Waals surface area contributed by atoms with Gasteiger partial charge in [-0.2, -0.15) is 0 Å². The van der Waals surface area contributed by atoms with Crippen molar-refractivity contribution in [2.24, 2.45) is 0 Å². The van der Waals surface area contributed by atoms with Gasteiger partial charge in [-0.05, 0) is 37.5 Å². The van der Waals surface area contributed by atoms with Crippen LogP contribution in [0.4, 0.5) is 0 Å². The predicted octanol–water partition coefficient (Wildman–Crippen LogP) is 2.24. The van der Waals surface area contributed by atoms with E-state index in [0.29, 0.717) is 16.5 Å². The van der Waals surface area contributed by atoms with Gasteiger partial charge in [0, 0.05) is 16.7 Å². The molecular weight excluding hydrogens is 251 g/mol. The zero-order chi connectivity index (χ0) is 12.6. The number of hydrogen-bond donors (Lipinski definition) is 3. The van der Waals surface area contributed by atoms with E-state index in [1.54, 1.807) is 12.1 Å². The van der Waals surface area contributed by atoms with Gasteiger partial charge in [-0.15, -0.1) is 0 Å². The molecule has 0 bridgehead atoms. The molecule has 0 aromatic heterocycles. The summed E-state index contributed by atoms with van der Waals surface area (Å²) >= 11 is 11.8. The lowest BCUT2D eigenvalue weighted by molar-refractivity contribution is -0.0228.